The molecule has 1 aliphatic carbocycles. The van der Waals surface area contributed by atoms with E-state index in [0.29, 0.717) is 27.9 Å². The second-order valence-corrected chi connectivity index (χ2v) is 10.9. The molecule has 3 aliphatic rings. The van der Waals surface area contributed by atoms with Crippen LogP contribution in [0.3, 0.4) is 0 Å². The highest BCUT2D eigenvalue weighted by atomic mass is 35.5. The molecular formula is C30H28ClFN4O2. The van der Waals surface area contributed by atoms with Gasteiger partial charge in [0.25, 0.3) is 0 Å². The molecule has 2 bridgehead atoms. The van der Waals surface area contributed by atoms with Gasteiger partial charge in [0.05, 0.1) is 10.7 Å². The molecule has 38 heavy (non-hydrogen) atoms. The molecule has 1 saturated carbocycles. The smallest absolute Gasteiger partial charge is 0.247 e. The summed E-state index contributed by atoms with van der Waals surface area (Å²) in [7, 11) is 0. The van der Waals surface area contributed by atoms with Crippen molar-refractivity contribution in [3.05, 3.63) is 83.3 Å². The van der Waals surface area contributed by atoms with Gasteiger partial charge in [-0.05, 0) is 91.8 Å². The predicted octanol–water partition coefficient (Wildman–Crippen LogP) is 6.15. The van der Waals surface area contributed by atoms with Crippen LogP contribution in [0.4, 0.5) is 15.8 Å². The molecule has 6 rings (SSSR count). The number of anilines is 2. The van der Waals surface area contributed by atoms with Crippen LogP contribution in [0.2, 0.25) is 5.02 Å². The highest BCUT2D eigenvalue weighted by Gasteiger charge is 2.69. The summed E-state index contributed by atoms with van der Waals surface area (Å²) in [4.78, 5) is 31.9. The van der Waals surface area contributed by atoms with Gasteiger partial charge < -0.3 is 15.5 Å². The molecule has 0 radical (unpaired) electrons. The Morgan fingerprint density at radius 3 is 2.66 bits per heavy atom. The second kappa shape index (κ2) is 9.55. The van der Waals surface area contributed by atoms with E-state index in [1.807, 2.05) is 24.3 Å². The maximum Gasteiger partial charge on any atom is 0.247 e. The molecule has 2 N–H and O–H groups in total. The fourth-order valence-corrected chi connectivity index (χ4v) is 6.69. The van der Waals surface area contributed by atoms with E-state index in [1.165, 1.54) is 19.1 Å². The summed E-state index contributed by atoms with van der Waals surface area (Å²) in [5, 5.41) is 6.83. The summed E-state index contributed by atoms with van der Waals surface area (Å²) >= 11 is 6.54. The number of nitrogens with zero attached hydrogens (tertiary/aromatic N) is 2. The number of amides is 2. The summed E-state index contributed by atoms with van der Waals surface area (Å²) in [6.45, 7) is 1.44. The first kappa shape index (κ1) is 24.6. The van der Waals surface area contributed by atoms with E-state index in [0.717, 1.165) is 36.9 Å². The van der Waals surface area contributed by atoms with Crippen molar-refractivity contribution >= 4 is 40.9 Å². The molecule has 1 spiro atoms. The highest BCUT2D eigenvalue weighted by Crippen LogP contribution is 2.64. The zero-order chi connectivity index (χ0) is 26.4. The Balaban J connectivity index is 1.23. The monoisotopic (exact) mass is 530 g/mol. The number of aromatic nitrogens is 1. The maximum atomic E-state index is 13.6. The number of hydrogen-bond donors (Lipinski definition) is 2. The molecule has 2 saturated heterocycles. The Morgan fingerprint density at radius 2 is 1.95 bits per heavy atom. The van der Waals surface area contributed by atoms with Gasteiger partial charge in [0.15, 0.2) is 0 Å². The number of benzene rings is 2. The van der Waals surface area contributed by atoms with Crippen molar-refractivity contribution in [2.45, 2.75) is 50.2 Å². The average Bonchev–Trinajstić information content (AvgIpc) is 3.49. The number of carbonyl (C=O) groups is 2. The fraction of sp³-hybridized carbons (Fsp3) is 0.300. The van der Waals surface area contributed by atoms with Gasteiger partial charge in [-0.15, -0.1) is 0 Å². The first-order valence-corrected chi connectivity index (χ1v) is 13.3. The van der Waals surface area contributed by atoms with E-state index in [4.69, 9.17) is 11.6 Å². The minimum Gasteiger partial charge on any atom is -0.382 e. The van der Waals surface area contributed by atoms with Gasteiger partial charge in [0.1, 0.15) is 5.82 Å². The van der Waals surface area contributed by atoms with E-state index in [2.05, 4.69) is 20.5 Å². The third-order valence-corrected chi connectivity index (χ3v) is 8.32. The first-order valence-electron chi connectivity index (χ1n) is 12.9. The van der Waals surface area contributed by atoms with E-state index >= 15 is 0 Å². The van der Waals surface area contributed by atoms with Crippen molar-refractivity contribution in [3.8, 4) is 11.3 Å². The number of carbonyl (C=O) groups excluding carboxylic acids is 2. The second-order valence-electron chi connectivity index (χ2n) is 10.5. The number of nitrogens with one attached hydrogen (secondary N) is 2. The number of hydrogen-bond acceptors (Lipinski definition) is 4. The van der Waals surface area contributed by atoms with Crippen LogP contribution >= 0.6 is 11.6 Å². The van der Waals surface area contributed by atoms with Gasteiger partial charge in [0.2, 0.25) is 11.8 Å². The summed E-state index contributed by atoms with van der Waals surface area (Å²) in [6.07, 6.45) is 8.84. The van der Waals surface area contributed by atoms with Crippen LogP contribution in [0.1, 0.15) is 38.2 Å². The summed E-state index contributed by atoms with van der Waals surface area (Å²) < 4.78 is 13.3. The molecule has 194 valence electrons. The van der Waals surface area contributed by atoms with Crippen molar-refractivity contribution in [1.29, 1.82) is 0 Å². The molecule has 4 atom stereocenters. The predicted molar refractivity (Wildman–Crippen MR) is 147 cm³/mol. The van der Waals surface area contributed by atoms with E-state index in [1.54, 1.807) is 36.5 Å². The van der Waals surface area contributed by atoms with Gasteiger partial charge in [-0.2, -0.15) is 0 Å². The third kappa shape index (κ3) is 4.56. The molecular weight excluding hydrogens is 503 g/mol. The third-order valence-electron chi connectivity index (χ3n) is 8.01. The van der Waals surface area contributed by atoms with Gasteiger partial charge >= 0.3 is 0 Å². The molecule has 3 aromatic rings. The maximum absolute atomic E-state index is 13.6. The van der Waals surface area contributed by atoms with Gasteiger partial charge in [-0.1, -0.05) is 17.7 Å². The Kier molecular flexibility index (Phi) is 6.19. The SMILES string of the molecule is CC(=O)Nc1cc(Cl)c(-c2ccccn2)cc1/C=C/C(=O)N1[C@@H]2C[C@@H](Nc3ccc(F)cc3)CC13C[C@@H]3C2. The van der Waals surface area contributed by atoms with Crippen LogP contribution in [0.5, 0.6) is 0 Å². The fourth-order valence-electron chi connectivity index (χ4n) is 6.43. The lowest BCUT2D eigenvalue weighted by molar-refractivity contribution is -0.132. The molecule has 1 unspecified atom stereocenters. The Hall–Kier alpha value is -3.71. The molecule has 2 amide bonds. The van der Waals surface area contributed by atoms with E-state index in [9.17, 15) is 14.0 Å². The topological polar surface area (TPSA) is 74.3 Å². The number of rotatable bonds is 6. The molecule has 1 aromatic heterocycles. The van der Waals surface area contributed by atoms with Crippen LogP contribution in [-0.2, 0) is 9.59 Å². The van der Waals surface area contributed by atoms with Gasteiger partial charge in [-0.25, -0.2) is 4.39 Å². The zero-order valence-corrected chi connectivity index (χ0v) is 21.7. The lowest BCUT2D eigenvalue weighted by Gasteiger charge is -2.42. The number of pyridine rings is 1. The highest BCUT2D eigenvalue weighted by molar-refractivity contribution is 6.33. The lowest BCUT2D eigenvalue weighted by atomic mass is 9.92. The van der Waals surface area contributed by atoms with Crippen LogP contribution in [0, 0.1) is 11.7 Å². The zero-order valence-electron chi connectivity index (χ0n) is 21.0. The number of fused-ring (bicyclic) bond motifs is 1. The summed E-state index contributed by atoms with van der Waals surface area (Å²) in [5.74, 6) is 0.0451. The van der Waals surface area contributed by atoms with Crippen LogP contribution in [0.15, 0.2) is 66.9 Å². The van der Waals surface area contributed by atoms with Crippen LogP contribution in [-0.4, -0.2) is 39.3 Å². The molecule has 2 aromatic carbocycles. The van der Waals surface area contributed by atoms with Crippen molar-refractivity contribution in [1.82, 2.24) is 9.88 Å². The van der Waals surface area contributed by atoms with Crippen molar-refractivity contribution in [2.75, 3.05) is 10.6 Å². The quantitative estimate of drug-likeness (QED) is 0.375. The minimum absolute atomic E-state index is 0.0154. The van der Waals surface area contributed by atoms with Crippen molar-refractivity contribution < 1.29 is 14.0 Å². The van der Waals surface area contributed by atoms with E-state index < -0.39 is 0 Å². The molecule has 6 nitrogen and oxygen atoms in total. The van der Waals surface area contributed by atoms with Gasteiger partial charge in [-0.3, -0.25) is 14.6 Å². The number of halogens is 2. The molecule has 8 heteroatoms. The van der Waals surface area contributed by atoms with Crippen LogP contribution in [0.25, 0.3) is 17.3 Å². The summed E-state index contributed by atoms with van der Waals surface area (Å²) in [6, 6.07) is 16.0. The Labute approximate surface area is 225 Å². The first-order chi connectivity index (χ1) is 18.3. The average molecular weight is 531 g/mol. The number of piperidine rings is 2. The van der Waals surface area contributed by atoms with E-state index in [-0.39, 0.29) is 35.3 Å². The van der Waals surface area contributed by atoms with Crippen molar-refractivity contribution in [2.24, 2.45) is 5.92 Å². The van der Waals surface area contributed by atoms with Crippen molar-refractivity contribution in [3.63, 3.8) is 0 Å². The largest absolute Gasteiger partial charge is 0.382 e. The summed E-state index contributed by atoms with van der Waals surface area (Å²) in [5.41, 5.74) is 3.45. The molecule has 2 aliphatic heterocycles. The standard InChI is InChI=1S/C30H28ClFN4O2/c1-18(37)34-28-15-26(31)25(27-4-2-3-11-33-27)12-19(28)5-10-29(38)36-24-13-20-16-30(20,36)17-23(14-24)35-22-8-6-21(32)7-9-22/h2-12,15,20,23-24,35H,13-14,16-17H2,1H3,(H,34,37)/b10-5+/t20-,23+,24-,30?/m0/s1. The Bertz CT molecular complexity index is 1430. The lowest BCUT2D eigenvalue weighted by Crippen LogP contribution is -2.52. The normalized spacial score (nSPS) is 25.2. The molecule has 3 fully saturated rings. The minimum atomic E-state index is -0.252. The Morgan fingerprint density at radius 1 is 1.13 bits per heavy atom. The van der Waals surface area contributed by atoms with Crippen LogP contribution < -0.4 is 10.6 Å². The van der Waals surface area contributed by atoms with Gasteiger partial charge in [0, 0.05) is 53.8 Å². The molecule has 3 heterocycles.